The largest absolute Gasteiger partial charge is 0.337 e. The Kier molecular flexibility index (Phi) is 4.98. The second-order valence-electron chi connectivity index (χ2n) is 5.36. The van der Waals surface area contributed by atoms with E-state index >= 15 is 0 Å². The molecule has 120 valence electrons. The van der Waals surface area contributed by atoms with Gasteiger partial charge >= 0.3 is 0 Å². The minimum atomic E-state index is -0.0699. The first-order valence-corrected chi connectivity index (χ1v) is 8.23. The zero-order chi connectivity index (χ0) is 16.2. The lowest BCUT2D eigenvalue weighted by Crippen LogP contribution is -2.36. The van der Waals surface area contributed by atoms with Crippen LogP contribution in [-0.2, 0) is 0 Å². The van der Waals surface area contributed by atoms with E-state index in [1.54, 1.807) is 18.2 Å². The normalized spacial score (nSPS) is 14.6. The maximum absolute atomic E-state index is 12.3. The van der Waals surface area contributed by atoms with E-state index in [-0.39, 0.29) is 5.91 Å². The van der Waals surface area contributed by atoms with E-state index in [9.17, 15) is 4.79 Å². The first-order valence-electron chi connectivity index (χ1n) is 7.47. The van der Waals surface area contributed by atoms with E-state index in [0.717, 1.165) is 25.9 Å². The summed E-state index contributed by atoms with van der Waals surface area (Å²) in [4.78, 5) is 22.6. The van der Waals surface area contributed by atoms with E-state index in [2.05, 4.69) is 15.3 Å². The molecule has 2 aromatic rings. The van der Waals surface area contributed by atoms with Gasteiger partial charge in [-0.25, -0.2) is 9.97 Å². The minimum absolute atomic E-state index is 0.0699. The quantitative estimate of drug-likeness (QED) is 0.902. The van der Waals surface area contributed by atoms with Gasteiger partial charge in [-0.3, -0.25) is 4.79 Å². The molecular formula is C16H16Cl2N4O. The number of rotatable bonds is 3. The number of likely N-dealkylation sites (tertiary alicyclic amines) is 1. The molecule has 0 atom stereocenters. The van der Waals surface area contributed by atoms with Crippen LogP contribution in [0, 0.1) is 0 Å². The molecule has 1 N–H and O–H groups in total. The third-order valence-corrected chi connectivity index (χ3v) is 4.36. The molecule has 0 radical (unpaired) electrons. The summed E-state index contributed by atoms with van der Waals surface area (Å²) in [7, 11) is 0. The van der Waals surface area contributed by atoms with Crippen molar-refractivity contribution in [2.45, 2.75) is 19.3 Å². The molecule has 2 heterocycles. The zero-order valence-electron chi connectivity index (χ0n) is 12.4. The molecule has 3 rings (SSSR count). The Morgan fingerprint density at radius 3 is 2.35 bits per heavy atom. The van der Waals surface area contributed by atoms with Crippen molar-refractivity contribution in [2.24, 2.45) is 0 Å². The number of hydrogen-bond acceptors (Lipinski definition) is 4. The second-order valence-corrected chi connectivity index (χ2v) is 6.18. The maximum atomic E-state index is 12.3. The third kappa shape index (κ3) is 3.74. The molecule has 1 fully saturated rings. The van der Waals surface area contributed by atoms with Gasteiger partial charge in [0.15, 0.2) is 0 Å². The van der Waals surface area contributed by atoms with E-state index in [1.807, 2.05) is 4.90 Å². The smallest absolute Gasteiger partial charge is 0.274 e. The maximum Gasteiger partial charge on any atom is 0.274 e. The van der Waals surface area contributed by atoms with Gasteiger partial charge in [-0.15, -0.1) is 0 Å². The van der Waals surface area contributed by atoms with Gasteiger partial charge in [0.1, 0.15) is 11.5 Å². The van der Waals surface area contributed by atoms with Crippen molar-refractivity contribution in [3.63, 3.8) is 0 Å². The molecule has 1 aromatic heterocycles. The number of benzene rings is 1. The minimum Gasteiger partial charge on any atom is -0.337 e. The van der Waals surface area contributed by atoms with Crippen LogP contribution in [0.5, 0.6) is 0 Å². The topological polar surface area (TPSA) is 58.1 Å². The van der Waals surface area contributed by atoms with Crippen LogP contribution in [0.15, 0.2) is 30.6 Å². The van der Waals surface area contributed by atoms with Gasteiger partial charge < -0.3 is 10.2 Å². The van der Waals surface area contributed by atoms with Crippen LogP contribution in [-0.4, -0.2) is 33.9 Å². The van der Waals surface area contributed by atoms with Gasteiger partial charge in [0.05, 0.1) is 28.1 Å². The summed E-state index contributed by atoms with van der Waals surface area (Å²) >= 11 is 12.2. The molecule has 1 aliphatic heterocycles. The van der Waals surface area contributed by atoms with Crippen molar-refractivity contribution in [2.75, 3.05) is 18.4 Å². The number of anilines is 2. The molecule has 1 amide bonds. The number of hydrogen-bond donors (Lipinski definition) is 1. The Labute approximate surface area is 144 Å². The molecule has 0 spiro atoms. The molecule has 5 nitrogen and oxygen atoms in total. The average molecular weight is 351 g/mol. The standard InChI is InChI=1S/C16H16Cl2N4O/c17-11-5-4-6-12(18)15(11)21-14-10-19-13(9-20-14)16(23)22-7-2-1-3-8-22/h4-6,9-10H,1-3,7-8H2,(H,20,21). The lowest BCUT2D eigenvalue weighted by Gasteiger charge is -2.26. The first-order chi connectivity index (χ1) is 11.1. The van der Waals surface area contributed by atoms with Crippen LogP contribution in [0.4, 0.5) is 11.5 Å². The SMILES string of the molecule is O=C(c1cnc(Nc2c(Cl)cccc2Cl)cn1)N1CCCCC1. The Hall–Kier alpha value is -1.85. The van der Waals surface area contributed by atoms with Gasteiger partial charge in [0.2, 0.25) is 0 Å². The molecule has 0 bridgehead atoms. The van der Waals surface area contributed by atoms with Crippen molar-refractivity contribution in [3.05, 3.63) is 46.3 Å². The van der Waals surface area contributed by atoms with Gasteiger partial charge in [0.25, 0.3) is 5.91 Å². The van der Waals surface area contributed by atoms with E-state index in [0.29, 0.717) is 27.2 Å². The number of carbonyl (C=O) groups is 1. The molecule has 7 heteroatoms. The van der Waals surface area contributed by atoms with Crippen molar-refractivity contribution >= 4 is 40.6 Å². The number of aromatic nitrogens is 2. The summed E-state index contributed by atoms with van der Waals surface area (Å²) in [5.41, 5.74) is 0.919. The number of amides is 1. The van der Waals surface area contributed by atoms with Gasteiger partial charge in [0, 0.05) is 13.1 Å². The van der Waals surface area contributed by atoms with Crippen LogP contribution in [0.25, 0.3) is 0 Å². The number of piperidine rings is 1. The summed E-state index contributed by atoms with van der Waals surface area (Å²) in [5, 5.41) is 4.01. The molecular weight excluding hydrogens is 335 g/mol. The number of nitrogens with one attached hydrogen (secondary N) is 1. The number of nitrogens with zero attached hydrogens (tertiary/aromatic N) is 3. The van der Waals surface area contributed by atoms with E-state index < -0.39 is 0 Å². The van der Waals surface area contributed by atoms with Crippen molar-refractivity contribution < 1.29 is 4.79 Å². The van der Waals surface area contributed by atoms with Crippen LogP contribution in [0.3, 0.4) is 0 Å². The highest BCUT2D eigenvalue weighted by Crippen LogP contribution is 2.31. The van der Waals surface area contributed by atoms with Crippen molar-refractivity contribution in [1.82, 2.24) is 14.9 Å². The molecule has 0 unspecified atom stereocenters. The summed E-state index contributed by atoms with van der Waals surface area (Å²) in [6.45, 7) is 1.57. The highest BCUT2D eigenvalue weighted by Gasteiger charge is 2.19. The van der Waals surface area contributed by atoms with Crippen LogP contribution in [0.2, 0.25) is 10.0 Å². The summed E-state index contributed by atoms with van der Waals surface area (Å²) < 4.78 is 0. The van der Waals surface area contributed by atoms with Crippen molar-refractivity contribution in [1.29, 1.82) is 0 Å². The third-order valence-electron chi connectivity index (χ3n) is 3.73. The molecule has 1 aromatic carbocycles. The van der Waals surface area contributed by atoms with Crippen LogP contribution >= 0.6 is 23.2 Å². The lowest BCUT2D eigenvalue weighted by molar-refractivity contribution is 0.0718. The molecule has 0 saturated carbocycles. The Bertz CT molecular complexity index is 679. The van der Waals surface area contributed by atoms with Crippen LogP contribution in [0.1, 0.15) is 29.8 Å². The Morgan fingerprint density at radius 1 is 1.04 bits per heavy atom. The first kappa shape index (κ1) is 16.0. The second kappa shape index (κ2) is 7.15. The van der Waals surface area contributed by atoms with Gasteiger partial charge in [-0.2, -0.15) is 0 Å². The fourth-order valence-corrected chi connectivity index (χ4v) is 3.00. The molecule has 1 aliphatic rings. The van der Waals surface area contributed by atoms with Gasteiger partial charge in [-0.05, 0) is 31.4 Å². The molecule has 1 saturated heterocycles. The highest BCUT2D eigenvalue weighted by molar-refractivity contribution is 6.39. The number of halogens is 2. The Balaban J connectivity index is 1.73. The average Bonchev–Trinajstić information content (AvgIpc) is 2.59. The fraction of sp³-hybridized carbons (Fsp3) is 0.312. The molecule has 23 heavy (non-hydrogen) atoms. The van der Waals surface area contributed by atoms with Gasteiger partial charge in [-0.1, -0.05) is 29.3 Å². The predicted molar refractivity (Wildman–Crippen MR) is 91.5 cm³/mol. The Morgan fingerprint density at radius 2 is 1.74 bits per heavy atom. The molecule has 0 aliphatic carbocycles. The summed E-state index contributed by atoms with van der Waals surface area (Å²) in [6.07, 6.45) is 6.26. The summed E-state index contributed by atoms with van der Waals surface area (Å²) in [6, 6.07) is 5.23. The van der Waals surface area contributed by atoms with E-state index in [4.69, 9.17) is 23.2 Å². The highest BCUT2D eigenvalue weighted by atomic mass is 35.5. The predicted octanol–water partition coefficient (Wildman–Crippen LogP) is 4.15. The van der Waals surface area contributed by atoms with E-state index in [1.165, 1.54) is 18.8 Å². The summed E-state index contributed by atoms with van der Waals surface area (Å²) in [5.74, 6) is 0.412. The van der Waals surface area contributed by atoms with Crippen LogP contribution < -0.4 is 5.32 Å². The number of carbonyl (C=O) groups excluding carboxylic acids is 1. The lowest BCUT2D eigenvalue weighted by atomic mass is 10.1. The monoisotopic (exact) mass is 350 g/mol. The van der Waals surface area contributed by atoms with Crippen molar-refractivity contribution in [3.8, 4) is 0 Å². The zero-order valence-corrected chi connectivity index (χ0v) is 13.9. The number of para-hydroxylation sites is 1. The fourth-order valence-electron chi connectivity index (χ4n) is 2.51.